The van der Waals surface area contributed by atoms with E-state index < -0.39 is 0 Å². The molecule has 0 spiro atoms. The molecule has 1 aromatic rings. The van der Waals surface area contributed by atoms with Crippen molar-refractivity contribution >= 4 is 5.69 Å². The van der Waals surface area contributed by atoms with Crippen molar-refractivity contribution in [3.05, 3.63) is 29.8 Å². The lowest BCUT2D eigenvalue weighted by Gasteiger charge is -2.23. The predicted octanol–water partition coefficient (Wildman–Crippen LogP) is 2.60. The van der Waals surface area contributed by atoms with Crippen LogP contribution in [0, 0.1) is 5.92 Å². The maximum Gasteiger partial charge on any atom is 0.0401 e. The zero-order valence-corrected chi connectivity index (χ0v) is 10.3. The Morgan fingerprint density at radius 2 is 2.12 bits per heavy atom. The molecule has 1 saturated heterocycles. The molecule has 88 valence electrons. The standard InChI is InChI=1S/C14H22N2/c1-11(2)13-5-3-4-6-14(13)16-8-7-12(9-15)10-16/h3-6,11-12H,7-10,15H2,1-2H3. The van der Waals surface area contributed by atoms with Crippen LogP contribution in [0.3, 0.4) is 0 Å². The smallest absolute Gasteiger partial charge is 0.0401 e. The first-order chi connectivity index (χ1) is 7.72. The van der Waals surface area contributed by atoms with Crippen LogP contribution in [-0.4, -0.2) is 19.6 Å². The topological polar surface area (TPSA) is 29.3 Å². The second-order valence-corrected chi connectivity index (χ2v) is 5.05. The Bertz CT molecular complexity index is 346. The van der Waals surface area contributed by atoms with Crippen LogP contribution in [0.15, 0.2) is 24.3 Å². The Labute approximate surface area is 98.4 Å². The Morgan fingerprint density at radius 1 is 1.38 bits per heavy atom. The minimum atomic E-state index is 0.591. The van der Waals surface area contributed by atoms with Gasteiger partial charge in [-0.1, -0.05) is 32.0 Å². The third-order valence-corrected chi connectivity index (χ3v) is 3.52. The fourth-order valence-electron chi connectivity index (χ4n) is 2.51. The second-order valence-electron chi connectivity index (χ2n) is 5.05. The first-order valence-corrected chi connectivity index (χ1v) is 6.26. The van der Waals surface area contributed by atoms with E-state index in [2.05, 4.69) is 43.0 Å². The molecule has 0 aromatic heterocycles. The first-order valence-electron chi connectivity index (χ1n) is 6.26. The van der Waals surface area contributed by atoms with E-state index in [-0.39, 0.29) is 0 Å². The van der Waals surface area contributed by atoms with Gasteiger partial charge in [0.2, 0.25) is 0 Å². The van der Waals surface area contributed by atoms with Gasteiger partial charge in [-0.05, 0) is 36.4 Å². The van der Waals surface area contributed by atoms with Crippen LogP contribution in [0.5, 0.6) is 0 Å². The first kappa shape index (κ1) is 11.5. The van der Waals surface area contributed by atoms with Gasteiger partial charge >= 0.3 is 0 Å². The Hall–Kier alpha value is -1.02. The monoisotopic (exact) mass is 218 g/mol. The summed E-state index contributed by atoms with van der Waals surface area (Å²) in [5.41, 5.74) is 8.61. The summed E-state index contributed by atoms with van der Waals surface area (Å²) in [7, 11) is 0. The molecule has 1 aliphatic rings. The quantitative estimate of drug-likeness (QED) is 0.845. The van der Waals surface area contributed by atoms with Crippen LogP contribution < -0.4 is 10.6 Å². The van der Waals surface area contributed by atoms with Gasteiger partial charge in [0.1, 0.15) is 0 Å². The average molecular weight is 218 g/mol. The van der Waals surface area contributed by atoms with Gasteiger partial charge in [-0.3, -0.25) is 0 Å². The molecule has 1 fully saturated rings. The molecule has 1 atom stereocenters. The number of hydrogen-bond donors (Lipinski definition) is 1. The molecule has 0 radical (unpaired) electrons. The largest absolute Gasteiger partial charge is 0.371 e. The van der Waals surface area contributed by atoms with E-state index in [0.29, 0.717) is 11.8 Å². The third-order valence-electron chi connectivity index (χ3n) is 3.52. The lowest BCUT2D eigenvalue weighted by molar-refractivity contribution is 0.602. The highest BCUT2D eigenvalue weighted by molar-refractivity contribution is 5.55. The molecule has 2 N–H and O–H groups in total. The van der Waals surface area contributed by atoms with Crippen molar-refractivity contribution in [2.75, 3.05) is 24.5 Å². The second kappa shape index (κ2) is 4.88. The van der Waals surface area contributed by atoms with Crippen molar-refractivity contribution in [2.24, 2.45) is 11.7 Å². The van der Waals surface area contributed by atoms with Crippen molar-refractivity contribution < 1.29 is 0 Å². The van der Waals surface area contributed by atoms with E-state index >= 15 is 0 Å². The molecule has 0 saturated carbocycles. The van der Waals surface area contributed by atoms with Gasteiger partial charge < -0.3 is 10.6 Å². The number of benzene rings is 1. The van der Waals surface area contributed by atoms with Crippen LogP contribution in [0.2, 0.25) is 0 Å². The molecule has 1 unspecified atom stereocenters. The summed E-state index contributed by atoms with van der Waals surface area (Å²) in [6.07, 6.45) is 1.24. The number of rotatable bonds is 3. The van der Waals surface area contributed by atoms with Crippen LogP contribution in [0.4, 0.5) is 5.69 Å². The highest BCUT2D eigenvalue weighted by atomic mass is 15.2. The summed E-state index contributed by atoms with van der Waals surface area (Å²) in [6.45, 7) is 7.62. The lowest BCUT2D eigenvalue weighted by Crippen LogP contribution is -2.23. The predicted molar refractivity (Wildman–Crippen MR) is 69.9 cm³/mol. The molecule has 0 amide bonds. The molecular weight excluding hydrogens is 196 g/mol. The van der Waals surface area contributed by atoms with Crippen LogP contribution >= 0.6 is 0 Å². The number of hydrogen-bond acceptors (Lipinski definition) is 2. The summed E-state index contributed by atoms with van der Waals surface area (Å²) in [5, 5.41) is 0. The van der Waals surface area contributed by atoms with E-state index in [9.17, 15) is 0 Å². The van der Waals surface area contributed by atoms with Gasteiger partial charge in [0.15, 0.2) is 0 Å². The number of nitrogens with two attached hydrogens (primary N) is 1. The van der Waals surface area contributed by atoms with Gasteiger partial charge in [0.25, 0.3) is 0 Å². The van der Waals surface area contributed by atoms with Crippen molar-refractivity contribution in [2.45, 2.75) is 26.2 Å². The van der Waals surface area contributed by atoms with Crippen molar-refractivity contribution in [3.8, 4) is 0 Å². The molecule has 2 heteroatoms. The average Bonchev–Trinajstić information content (AvgIpc) is 2.77. The molecule has 2 nitrogen and oxygen atoms in total. The molecule has 16 heavy (non-hydrogen) atoms. The van der Waals surface area contributed by atoms with Gasteiger partial charge in [0, 0.05) is 18.8 Å². The third kappa shape index (κ3) is 2.22. The zero-order chi connectivity index (χ0) is 11.5. The number of nitrogens with zero attached hydrogens (tertiary/aromatic N) is 1. The Morgan fingerprint density at radius 3 is 2.75 bits per heavy atom. The van der Waals surface area contributed by atoms with E-state index in [4.69, 9.17) is 5.73 Å². The number of para-hydroxylation sites is 1. The molecule has 0 bridgehead atoms. The molecule has 0 aliphatic carbocycles. The molecule has 1 aliphatic heterocycles. The molecular formula is C14H22N2. The normalized spacial score (nSPS) is 20.8. The maximum atomic E-state index is 5.75. The zero-order valence-electron chi connectivity index (χ0n) is 10.3. The summed E-state index contributed by atoms with van der Waals surface area (Å²) in [5.74, 6) is 1.27. The van der Waals surface area contributed by atoms with Gasteiger partial charge in [-0.15, -0.1) is 0 Å². The summed E-state index contributed by atoms with van der Waals surface area (Å²) in [6, 6.07) is 8.76. The van der Waals surface area contributed by atoms with E-state index in [1.165, 1.54) is 17.7 Å². The Balaban J connectivity index is 2.20. The van der Waals surface area contributed by atoms with Gasteiger partial charge in [-0.25, -0.2) is 0 Å². The highest BCUT2D eigenvalue weighted by Gasteiger charge is 2.23. The van der Waals surface area contributed by atoms with Crippen LogP contribution in [0.25, 0.3) is 0 Å². The summed E-state index contributed by atoms with van der Waals surface area (Å²) < 4.78 is 0. The molecule has 1 heterocycles. The molecule has 2 rings (SSSR count). The minimum absolute atomic E-state index is 0.591. The van der Waals surface area contributed by atoms with E-state index in [1.807, 2.05) is 0 Å². The number of anilines is 1. The van der Waals surface area contributed by atoms with Crippen molar-refractivity contribution in [1.82, 2.24) is 0 Å². The fraction of sp³-hybridized carbons (Fsp3) is 0.571. The fourth-order valence-corrected chi connectivity index (χ4v) is 2.51. The highest BCUT2D eigenvalue weighted by Crippen LogP contribution is 2.30. The lowest BCUT2D eigenvalue weighted by atomic mass is 10.0. The van der Waals surface area contributed by atoms with Crippen LogP contribution in [-0.2, 0) is 0 Å². The van der Waals surface area contributed by atoms with Crippen molar-refractivity contribution in [1.29, 1.82) is 0 Å². The summed E-state index contributed by atoms with van der Waals surface area (Å²) >= 11 is 0. The van der Waals surface area contributed by atoms with E-state index in [0.717, 1.165) is 19.6 Å². The minimum Gasteiger partial charge on any atom is -0.371 e. The Kier molecular flexibility index (Phi) is 3.49. The summed E-state index contributed by atoms with van der Waals surface area (Å²) in [4.78, 5) is 2.49. The van der Waals surface area contributed by atoms with Gasteiger partial charge in [-0.2, -0.15) is 0 Å². The molecule has 1 aromatic carbocycles. The van der Waals surface area contributed by atoms with Gasteiger partial charge in [0.05, 0.1) is 0 Å². The SMILES string of the molecule is CC(C)c1ccccc1N1CCC(CN)C1. The maximum absolute atomic E-state index is 5.75. The van der Waals surface area contributed by atoms with E-state index in [1.54, 1.807) is 0 Å². The van der Waals surface area contributed by atoms with Crippen molar-refractivity contribution in [3.63, 3.8) is 0 Å². The van der Waals surface area contributed by atoms with Crippen LogP contribution in [0.1, 0.15) is 31.7 Å².